The van der Waals surface area contributed by atoms with Gasteiger partial charge in [-0.3, -0.25) is 4.79 Å². The van der Waals surface area contributed by atoms with Crippen molar-refractivity contribution < 1.29 is 9.90 Å². The molecule has 32 heavy (non-hydrogen) atoms. The van der Waals surface area contributed by atoms with Crippen LogP contribution in [0, 0.1) is 0 Å². The summed E-state index contributed by atoms with van der Waals surface area (Å²) in [5.74, 6) is -0.0184. The minimum absolute atomic E-state index is 0.0184. The van der Waals surface area contributed by atoms with Crippen LogP contribution in [0.2, 0.25) is 0 Å². The van der Waals surface area contributed by atoms with E-state index >= 15 is 0 Å². The highest BCUT2D eigenvalue weighted by molar-refractivity contribution is 6.07. The summed E-state index contributed by atoms with van der Waals surface area (Å²) in [5, 5.41) is 12.0. The van der Waals surface area contributed by atoms with Gasteiger partial charge in [0.2, 0.25) is 0 Å². The summed E-state index contributed by atoms with van der Waals surface area (Å²) in [6.45, 7) is 2.04. The number of aromatic nitrogens is 1. The van der Waals surface area contributed by atoms with Crippen LogP contribution in [0.3, 0.4) is 0 Å². The van der Waals surface area contributed by atoms with Crippen LogP contribution in [-0.4, -0.2) is 34.7 Å². The monoisotopic (exact) mass is 422 g/mol. The van der Waals surface area contributed by atoms with E-state index in [2.05, 4.69) is 45.9 Å². The molecule has 0 aliphatic carbocycles. The van der Waals surface area contributed by atoms with Gasteiger partial charge in [-0.1, -0.05) is 66.7 Å². The van der Waals surface area contributed by atoms with Gasteiger partial charge in [-0.25, -0.2) is 0 Å². The molecule has 2 heterocycles. The van der Waals surface area contributed by atoms with E-state index < -0.39 is 6.10 Å². The van der Waals surface area contributed by atoms with Gasteiger partial charge in [0, 0.05) is 47.0 Å². The second-order valence-electron chi connectivity index (χ2n) is 8.30. The van der Waals surface area contributed by atoms with Gasteiger partial charge in [0.25, 0.3) is 0 Å². The van der Waals surface area contributed by atoms with Gasteiger partial charge in [-0.05, 0) is 36.3 Å². The average Bonchev–Trinajstić information content (AvgIpc) is 3.39. The number of hydrogen-bond donors (Lipinski definition) is 1. The number of allylic oxidation sites excluding steroid dienone is 1. The van der Waals surface area contributed by atoms with Crippen molar-refractivity contribution in [2.24, 2.45) is 0 Å². The maximum atomic E-state index is 12.5. The van der Waals surface area contributed by atoms with Crippen molar-refractivity contribution in [3.63, 3.8) is 0 Å². The number of rotatable bonds is 7. The quantitative estimate of drug-likeness (QED) is 0.338. The molecule has 0 saturated heterocycles. The molecule has 0 saturated carbocycles. The largest absolute Gasteiger partial charge is 0.389 e. The van der Waals surface area contributed by atoms with E-state index in [1.165, 1.54) is 11.3 Å². The third kappa shape index (κ3) is 4.10. The number of hydrogen-bond acceptors (Lipinski definition) is 3. The lowest BCUT2D eigenvalue weighted by atomic mass is 10.1. The molecule has 1 N–H and O–H groups in total. The number of aliphatic hydroxyl groups excluding tert-OH is 1. The van der Waals surface area contributed by atoms with Gasteiger partial charge < -0.3 is 14.6 Å². The topological polar surface area (TPSA) is 45.5 Å². The number of ketones is 1. The minimum Gasteiger partial charge on any atom is -0.389 e. The van der Waals surface area contributed by atoms with Crippen molar-refractivity contribution in [3.8, 4) is 0 Å². The molecule has 5 rings (SSSR count). The summed E-state index contributed by atoms with van der Waals surface area (Å²) >= 11 is 0. The lowest BCUT2D eigenvalue weighted by molar-refractivity contribution is 0.104. The molecule has 160 valence electrons. The fourth-order valence-corrected chi connectivity index (χ4v) is 4.56. The maximum Gasteiger partial charge on any atom is 0.185 e. The van der Waals surface area contributed by atoms with Crippen molar-refractivity contribution >= 4 is 28.4 Å². The molecule has 0 amide bonds. The molecule has 0 bridgehead atoms. The van der Waals surface area contributed by atoms with Crippen molar-refractivity contribution in [1.29, 1.82) is 0 Å². The van der Waals surface area contributed by atoms with Crippen LogP contribution in [0.4, 0.5) is 5.69 Å². The fourth-order valence-electron chi connectivity index (χ4n) is 4.56. The predicted octanol–water partition coefficient (Wildman–Crippen LogP) is 4.96. The first-order valence-corrected chi connectivity index (χ1v) is 11.1. The van der Waals surface area contributed by atoms with Crippen molar-refractivity contribution in [3.05, 3.63) is 108 Å². The third-order valence-electron chi connectivity index (χ3n) is 6.11. The zero-order chi connectivity index (χ0) is 21.9. The lowest BCUT2D eigenvalue weighted by Gasteiger charge is -2.23. The predicted molar refractivity (Wildman–Crippen MR) is 130 cm³/mol. The SMILES string of the molecule is O=C(/C=C/c1cn(CC(O)CN2CCc3ccccc32)c2ccccc12)c1ccccc1. The highest BCUT2D eigenvalue weighted by Crippen LogP contribution is 2.28. The highest BCUT2D eigenvalue weighted by Gasteiger charge is 2.21. The molecule has 1 aliphatic heterocycles. The van der Waals surface area contributed by atoms with Crippen LogP contribution in [0.1, 0.15) is 21.5 Å². The molecule has 3 aromatic carbocycles. The van der Waals surface area contributed by atoms with Gasteiger partial charge >= 0.3 is 0 Å². The van der Waals surface area contributed by atoms with E-state index in [9.17, 15) is 9.90 Å². The van der Waals surface area contributed by atoms with E-state index in [0.717, 1.165) is 29.4 Å². The van der Waals surface area contributed by atoms with Crippen LogP contribution in [0.25, 0.3) is 17.0 Å². The Labute approximate surface area is 188 Å². The maximum absolute atomic E-state index is 12.5. The Morgan fingerprint density at radius 2 is 1.69 bits per heavy atom. The van der Waals surface area contributed by atoms with Gasteiger partial charge in [-0.15, -0.1) is 0 Å². The lowest BCUT2D eigenvalue weighted by Crippen LogP contribution is -2.33. The number of β-amino-alcohol motifs (C(OH)–C–C–N with tert-alkyl or cyclic N) is 1. The molecule has 0 radical (unpaired) electrons. The summed E-state index contributed by atoms with van der Waals surface area (Å²) in [7, 11) is 0. The van der Waals surface area contributed by atoms with E-state index in [-0.39, 0.29) is 5.78 Å². The molecular formula is C28H26N2O2. The van der Waals surface area contributed by atoms with E-state index in [1.807, 2.05) is 54.7 Å². The first-order chi connectivity index (χ1) is 15.7. The Morgan fingerprint density at radius 3 is 2.56 bits per heavy atom. The number of carbonyl (C=O) groups is 1. The first-order valence-electron chi connectivity index (χ1n) is 11.1. The Morgan fingerprint density at radius 1 is 0.938 bits per heavy atom. The van der Waals surface area contributed by atoms with E-state index in [4.69, 9.17) is 0 Å². The standard InChI is InChI=1S/C28H26N2O2/c31-24(19-29-17-16-21-8-4-6-12-26(21)29)20-30-18-23(25-11-5-7-13-27(25)30)14-15-28(32)22-9-2-1-3-10-22/h1-15,18,24,31H,16-17,19-20H2/b15-14+. The van der Waals surface area contributed by atoms with E-state index in [0.29, 0.717) is 18.7 Å². The molecule has 1 unspecified atom stereocenters. The summed E-state index contributed by atoms with van der Waals surface area (Å²) < 4.78 is 2.09. The van der Waals surface area contributed by atoms with Crippen LogP contribution >= 0.6 is 0 Å². The highest BCUT2D eigenvalue weighted by atomic mass is 16.3. The number of nitrogens with zero attached hydrogens (tertiary/aromatic N) is 2. The first kappa shape index (κ1) is 20.3. The second-order valence-corrected chi connectivity index (χ2v) is 8.30. The van der Waals surface area contributed by atoms with E-state index in [1.54, 1.807) is 6.08 Å². The molecule has 4 heteroatoms. The third-order valence-corrected chi connectivity index (χ3v) is 6.11. The molecule has 0 fully saturated rings. The smallest absolute Gasteiger partial charge is 0.185 e. The van der Waals surface area contributed by atoms with Crippen LogP contribution < -0.4 is 4.90 Å². The molecule has 1 atom stereocenters. The van der Waals surface area contributed by atoms with Crippen LogP contribution in [-0.2, 0) is 13.0 Å². The zero-order valence-corrected chi connectivity index (χ0v) is 17.9. The number of aliphatic hydroxyl groups is 1. The Balaban J connectivity index is 1.35. The Kier molecular flexibility index (Phi) is 5.61. The fraction of sp³-hybridized carbons (Fsp3) is 0.179. The molecule has 1 aromatic heterocycles. The second kappa shape index (κ2) is 8.85. The number of anilines is 1. The average molecular weight is 423 g/mol. The van der Waals surface area contributed by atoms with Crippen molar-refractivity contribution in [1.82, 2.24) is 4.57 Å². The van der Waals surface area contributed by atoms with Gasteiger partial charge in [0.15, 0.2) is 5.78 Å². The molecule has 4 aromatic rings. The van der Waals surface area contributed by atoms with Gasteiger partial charge in [0.05, 0.1) is 12.6 Å². The molecule has 1 aliphatic rings. The number of fused-ring (bicyclic) bond motifs is 2. The van der Waals surface area contributed by atoms with Crippen LogP contribution in [0.5, 0.6) is 0 Å². The van der Waals surface area contributed by atoms with Gasteiger partial charge in [0.1, 0.15) is 0 Å². The normalized spacial score (nSPS) is 14.2. The molecular weight excluding hydrogens is 396 g/mol. The zero-order valence-electron chi connectivity index (χ0n) is 17.9. The van der Waals surface area contributed by atoms with Crippen molar-refractivity contribution in [2.75, 3.05) is 18.0 Å². The summed E-state index contributed by atoms with van der Waals surface area (Å²) in [6.07, 6.45) is 6.05. The minimum atomic E-state index is -0.500. The summed E-state index contributed by atoms with van der Waals surface area (Å²) in [5.41, 5.74) is 5.28. The van der Waals surface area contributed by atoms with Gasteiger partial charge in [-0.2, -0.15) is 0 Å². The van der Waals surface area contributed by atoms with Crippen LogP contribution in [0.15, 0.2) is 91.1 Å². The molecule has 4 nitrogen and oxygen atoms in total. The Bertz CT molecular complexity index is 1270. The summed E-state index contributed by atoms with van der Waals surface area (Å²) in [4.78, 5) is 14.8. The summed E-state index contributed by atoms with van der Waals surface area (Å²) in [6, 6.07) is 25.8. The van der Waals surface area contributed by atoms with Crippen molar-refractivity contribution in [2.45, 2.75) is 19.1 Å². The Hall–Kier alpha value is -3.63. The molecule has 0 spiro atoms. The number of para-hydroxylation sites is 2. The number of benzene rings is 3. The number of carbonyl (C=O) groups excluding carboxylic acids is 1.